The normalized spacial score (nSPS) is 28.9. The van der Waals surface area contributed by atoms with Crippen molar-refractivity contribution >= 4 is 11.9 Å². The van der Waals surface area contributed by atoms with Crippen molar-refractivity contribution in [3.05, 3.63) is 71.8 Å². The summed E-state index contributed by atoms with van der Waals surface area (Å²) >= 11 is 0. The van der Waals surface area contributed by atoms with E-state index < -0.39 is 17.7 Å². The van der Waals surface area contributed by atoms with Gasteiger partial charge in [-0.25, -0.2) is 0 Å². The number of cyclic esters (lactones) is 1. The van der Waals surface area contributed by atoms with Crippen molar-refractivity contribution in [1.29, 1.82) is 0 Å². The van der Waals surface area contributed by atoms with Crippen LogP contribution < -0.4 is 5.32 Å². The van der Waals surface area contributed by atoms with Gasteiger partial charge < -0.3 is 15.2 Å². The number of benzene rings is 1. The summed E-state index contributed by atoms with van der Waals surface area (Å²) in [6, 6.07) is 9.26. The van der Waals surface area contributed by atoms with Crippen molar-refractivity contribution in [2.75, 3.05) is 0 Å². The Balaban J connectivity index is 1.78. The Morgan fingerprint density at radius 2 is 2.14 bits per heavy atom. The fourth-order valence-corrected chi connectivity index (χ4v) is 3.85. The topological polar surface area (TPSA) is 75.6 Å². The van der Waals surface area contributed by atoms with Crippen LogP contribution in [0.5, 0.6) is 0 Å². The van der Waals surface area contributed by atoms with E-state index in [1.807, 2.05) is 55.5 Å². The molecule has 2 fully saturated rings. The summed E-state index contributed by atoms with van der Waals surface area (Å²) in [4.78, 5) is 25.0. The molecule has 2 aliphatic rings. The van der Waals surface area contributed by atoms with Crippen LogP contribution in [0.4, 0.5) is 0 Å². The van der Waals surface area contributed by atoms with Crippen LogP contribution in [0.15, 0.2) is 66.3 Å². The third-order valence-electron chi connectivity index (χ3n) is 5.45. The highest BCUT2D eigenvalue weighted by atomic mass is 16.6. The molecule has 0 radical (unpaired) electrons. The van der Waals surface area contributed by atoms with Crippen LogP contribution in [0, 0.1) is 0 Å². The van der Waals surface area contributed by atoms with Crippen molar-refractivity contribution in [3.8, 4) is 0 Å². The number of hydrogen-bond acceptors (Lipinski definition) is 4. The van der Waals surface area contributed by atoms with Gasteiger partial charge in [0.2, 0.25) is 0 Å². The number of allylic oxidation sites excluding steroid dienone is 3. The molecule has 1 heterocycles. The van der Waals surface area contributed by atoms with Gasteiger partial charge >= 0.3 is 5.97 Å². The lowest BCUT2D eigenvalue weighted by atomic mass is 9.90. The Hall–Kier alpha value is -2.66. The van der Waals surface area contributed by atoms with E-state index in [-0.39, 0.29) is 18.3 Å². The zero-order valence-electron chi connectivity index (χ0n) is 16.2. The quantitative estimate of drug-likeness (QED) is 0.743. The largest absolute Gasteiger partial charge is 0.449 e. The number of hydrogen-bond donors (Lipinski definition) is 2. The number of rotatable bonds is 6. The number of esters is 1. The van der Waals surface area contributed by atoms with Crippen LogP contribution >= 0.6 is 0 Å². The smallest absolute Gasteiger partial charge is 0.307 e. The van der Waals surface area contributed by atoms with Crippen LogP contribution in [0.3, 0.4) is 0 Å². The number of amides is 1. The van der Waals surface area contributed by atoms with Gasteiger partial charge in [0.25, 0.3) is 5.91 Å². The van der Waals surface area contributed by atoms with Gasteiger partial charge in [-0.05, 0) is 30.1 Å². The fraction of sp³-hybridized carbons (Fsp3) is 0.391. The van der Waals surface area contributed by atoms with E-state index in [1.54, 1.807) is 0 Å². The number of nitrogens with one attached hydrogen (secondary N) is 1. The van der Waals surface area contributed by atoms with Gasteiger partial charge in [0.15, 0.2) is 5.60 Å². The Bertz CT molecular complexity index is 811. The summed E-state index contributed by atoms with van der Waals surface area (Å²) in [5, 5.41) is 13.3. The van der Waals surface area contributed by atoms with Crippen molar-refractivity contribution in [2.24, 2.45) is 0 Å². The molecule has 0 spiro atoms. The minimum Gasteiger partial charge on any atom is -0.449 e. The minimum absolute atomic E-state index is 0.226. The third kappa shape index (κ3) is 4.25. The molecule has 28 heavy (non-hydrogen) atoms. The Morgan fingerprint density at radius 1 is 1.39 bits per heavy atom. The molecule has 3 rings (SSSR count). The maximum absolute atomic E-state index is 13.2. The number of aliphatic hydroxyl groups is 1. The molecule has 2 N–H and O–H groups in total. The Labute approximate surface area is 165 Å². The summed E-state index contributed by atoms with van der Waals surface area (Å²) < 4.78 is 5.53. The van der Waals surface area contributed by atoms with Gasteiger partial charge in [-0.2, -0.15) is 0 Å². The molecule has 5 heteroatoms. The van der Waals surface area contributed by atoms with E-state index in [9.17, 15) is 14.7 Å². The zero-order valence-corrected chi connectivity index (χ0v) is 16.2. The molecule has 1 aromatic carbocycles. The number of ether oxygens (including phenoxy) is 1. The van der Waals surface area contributed by atoms with E-state index in [0.29, 0.717) is 25.7 Å². The van der Waals surface area contributed by atoms with E-state index >= 15 is 0 Å². The molecule has 0 bridgehead atoms. The molecular formula is C23H27NO4. The predicted octanol–water partition coefficient (Wildman–Crippen LogP) is 3.00. The first-order valence-corrected chi connectivity index (χ1v) is 9.71. The lowest BCUT2D eigenvalue weighted by Crippen LogP contribution is -2.52. The van der Waals surface area contributed by atoms with E-state index in [4.69, 9.17) is 4.74 Å². The number of carbonyl (C=O) groups excluding carboxylic acids is 2. The van der Waals surface area contributed by atoms with Gasteiger partial charge in [0.05, 0.1) is 12.1 Å². The summed E-state index contributed by atoms with van der Waals surface area (Å²) in [6.45, 7) is 5.90. The molecule has 5 nitrogen and oxygen atoms in total. The van der Waals surface area contributed by atoms with Gasteiger partial charge in [-0.15, -0.1) is 0 Å². The molecule has 1 saturated heterocycles. The number of aryl methyl sites for hydroxylation is 1. The number of aliphatic hydroxyl groups excluding tert-OH is 1. The maximum Gasteiger partial charge on any atom is 0.307 e. The maximum atomic E-state index is 13.2. The Kier molecular flexibility index (Phi) is 6.15. The molecular weight excluding hydrogens is 354 g/mol. The first-order chi connectivity index (χ1) is 13.4. The van der Waals surface area contributed by atoms with Crippen LogP contribution in [0.1, 0.15) is 38.2 Å². The molecule has 1 aromatic rings. The van der Waals surface area contributed by atoms with Crippen LogP contribution in [0.2, 0.25) is 0 Å². The summed E-state index contributed by atoms with van der Waals surface area (Å²) in [7, 11) is 0. The van der Waals surface area contributed by atoms with Crippen LogP contribution in [0.25, 0.3) is 0 Å². The molecule has 1 aliphatic heterocycles. The zero-order chi connectivity index (χ0) is 20.1. The van der Waals surface area contributed by atoms with Crippen molar-refractivity contribution in [2.45, 2.75) is 56.8 Å². The first-order valence-electron chi connectivity index (χ1n) is 9.71. The molecule has 3 atom stereocenters. The standard InChI is InChI=1S/C23H27NO4/c1-3-4-10-18-16(2)15-19(25)21(18)24-22(27)23(14-12-20(26)28-23)13-11-17-8-6-5-7-9-17/h3-10,19,21,25H,2,11-15H2,1H3,(H,24,27)/b4-3-,18-10+/t19-,21+,23-/m1/s1. The van der Waals surface area contributed by atoms with Crippen molar-refractivity contribution in [1.82, 2.24) is 5.32 Å². The van der Waals surface area contributed by atoms with Crippen LogP contribution in [-0.4, -0.2) is 34.7 Å². The van der Waals surface area contributed by atoms with Gasteiger partial charge in [0, 0.05) is 25.7 Å². The summed E-state index contributed by atoms with van der Waals surface area (Å²) in [6.07, 6.45) is 6.88. The van der Waals surface area contributed by atoms with Gasteiger partial charge in [0.1, 0.15) is 0 Å². The van der Waals surface area contributed by atoms with Crippen molar-refractivity contribution in [3.63, 3.8) is 0 Å². The van der Waals surface area contributed by atoms with E-state index in [2.05, 4.69) is 11.9 Å². The average Bonchev–Trinajstić information content (AvgIpc) is 3.20. The predicted molar refractivity (Wildman–Crippen MR) is 107 cm³/mol. The summed E-state index contributed by atoms with van der Waals surface area (Å²) in [5.74, 6) is -0.705. The third-order valence-corrected chi connectivity index (χ3v) is 5.45. The van der Waals surface area contributed by atoms with Gasteiger partial charge in [-0.3, -0.25) is 9.59 Å². The van der Waals surface area contributed by atoms with Crippen molar-refractivity contribution < 1.29 is 19.4 Å². The molecule has 1 amide bonds. The molecule has 0 aromatic heterocycles. The highest BCUT2D eigenvalue weighted by molar-refractivity contribution is 5.91. The highest BCUT2D eigenvalue weighted by Gasteiger charge is 2.48. The number of carbonyl (C=O) groups is 2. The minimum atomic E-state index is -1.19. The molecule has 1 aliphatic carbocycles. The lowest BCUT2D eigenvalue weighted by Gasteiger charge is -2.29. The van der Waals surface area contributed by atoms with E-state index in [1.165, 1.54) is 0 Å². The van der Waals surface area contributed by atoms with Gasteiger partial charge in [-0.1, -0.05) is 55.1 Å². The Morgan fingerprint density at radius 3 is 2.79 bits per heavy atom. The van der Waals surface area contributed by atoms with Crippen LogP contribution in [-0.2, 0) is 20.7 Å². The lowest BCUT2D eigenvalue weighted by molar-refractivity contribution is -0.159. The highest BCUT2D eigenvalue weighted by Crippen LogP contribution is 2.35. The second-order valence-electron chi connectivity index (χ2n) is 7.43. The molecule has 148 valence electrons. The summed E-state index contributed by atoms with van der Waals surface area (Å²) in [5.41, 5.74) is 1.50. The molecule has 0 unspecified atom stereocenters. The SMILES string of the molecule is C=C1C[C@@H](O)[C@@H](NC(=O)[C@@]2(CCc3ccccc3)CCC(=O)O2)/C1=C/C=C\C. The fourth-order valence-electron chi connectivity index (χ4n) is 3.85. The monoisotopic (exact) mass is 381 g/mol. The second kappa shape index (κ2) is 8.57. The van der Waals surface area contributed by atoms with E-state index in [0.717, 1.165) is 16.7 Å². The second-order valence-corrected chi connectivity index (χ2v) is 7.43. The first kappa shape index (κ1) is 20.1. The average molecular weight is 381 g/mol. The molecule has 1 saturated carbocycles.